The third kappa shape index (κ3) is 4.59. The molecule has 0 aliphatic carbocycles. The fourth-order valence-electron chi connectivity index (χ4n) is 1.69. The molecule has 2 heterocycles. The standard InChI is InChI=1S/C16H20N2OS2/c1-11(2)6-4-5-7-12(3)15-18-14(10-21-15)16-17-13(8-19)9-20-16/h4-7,9-12,19H,8H2,1-3H3/b6-4+,7-5+/t12-/m0/s1. The van der Waals surface area contributed by atoms with Gasteiger partial charge in [0, 0.05) is 16.7 Å². The maximum atomic E-state index is 9.06. The molecule has 0 unspecified atom stereocenters. The number of hydrogen-bond donors (Lipinski definition) is 1. The molecular weight excluding hydrogens is 300 g/mol. The molecule has 2 aromatic heterocycles. The van der Waals surface area contributed by atoms with E-state index in [1.54, 1.807) is 11.3 Å². The zero-order valence-corrected chi connectivity index (χ0v) is 14.1. The van der Waals surface area contributed by atoms with E-state index in [-0.39, 0.29) is 12.5 Å². The van der Waals surface area contributed by atoms with Gasteiger partial charge in [-0.15, -0.1) is 22.7 Å². The number of rotatable bonds is 6. The molecule has 0 saturated carbocycles. The van der Waals surface area contributed by atoms with E-state index in [0.29, 0.717) is 11.6 Å². The number of nitrogens with zero attached hydrogens (tertiary/aromatic N) is 2. The first-order chi connectivity index (χ1) is 10.1. The van der Waals surface area contributed by atoms with Crippen molar-refractivity contribution in [3.8, 4) is 10.7 Å². The molecule has 0 bridgehead atoms. The maximum absolute atomic E-state index is 9.06. The monoisotopic (exact) mass is 320 g/mol. The summed E-state index contributed by atoms with van der Waals surface area (Å²) in [5, 5.41) is 14.9. The Morgan fingerprint density at radius 3 is 2.52 bits per heavy atom. The van der Waals surface area contributed by atoms with Crippen molar-refractivity contribution >= 4 is 22.7 Å². The van der Waals surface area contributed by atoms with Gasteiger partial charge in [0.2, 0.25) is 0 Å². The molecule has 112 valence electrons. The quantitative estimate of drug-likeness (QED) is 0.789. The summed E-state index contributed by atoms with van der Waals surface area (Å²) < 4.78 is 0. The molecule has 0 amide bonds. The van der Waals surface area contributed by atoms with Gasteiger partial charge in [-0.1, -0.05) is 45.1 Å². The number of aromatic nitrogens is 2. The topological polar surface area (TPSA) is 46.0 Å². The smallest absolute Gasteiger partial charge is 0.143 e. The third-order valence-electron chi connectivity index (χ3n) is 2.85. The molecule has 0 fully saturated rings. The van der Waals surface area contributed by atoms with Crippen molar-refractivity contribution in [2.24, 2.45) is 5.92 Å². The zero-order valence-electron chi connectivity index (χ0n) is 12.5. The molecule has 3 nitrogen and oxygen atoms in total. The summed E-state index contributed by atoms with van der Waals surface area (Å²) in [5.41, 5.74) is 1.61. The highest BCUT2D eigenvalue weighted by Gasteiger charge is 2.11. The molecule has 2 rings (SSSR count). The first-order valence-corrected chi connectivity index (χ1v) is 8.72. The highest BCUT2D eigenvalue weighted by Crippen LogP contribution is 2.29. The van der Waals surface area contributed by atoms with Crippen LogP contribution in [0.1, 0.15) is 37.4 Å². The van der Waals surface area contributed by atoms with Crippen LogP contribution in [0.2, 0.25) is 0 Å². The van der Waals surface area contributed by atoms with Gasteiger partial charge < -0.3 is 5.11 Å². The Morgan fingerprint density at radius 1 is 1.10 bits per heavy atom. The van der Waals surface area contributed by atoms with Crippen LogP contribution in [-0.4, -0.2) is 15.1 Å². The zero-order chi connectivity index (χ0) is 15.2. The SMILES string of the molecule is CC(C)/C=C/C=C/[C@H](C)c1nc(-c2nc(CO)cs2)cs1. The van der Waals surface area contributed by atoms with Crippen LogP contribution in [0.15, 0.2) is 35.1 Å². The second-order valence-electron chi connectivity index (χ2n) is 5.18. The normalized spacial score (nSPS) is 13.8. The largest absolute Gasteiger partial charge is 0.390 e. The number of aliphatic hydroxyl groups is 1. The van der Waals surface area contributed by atoms with E-state index >= 15 is 0 Å². The van der Waals surface area contributed by atoms with E-state index in [4.69, 9.17) is 5.11 Å². The van der Waals surface area contributed by atoms with Crippen LogP contribution in [0.4, 0.5) is 0 Å². The maximum Gasteiger partial charge on any atom is 0.143 e. The number of thiazole rings is 2. The van der Waals surface area contributed by atoms with E-state index < -0.39 is 0 Å². The Labute approximate surface area is 133 Å². The predicted molar refractivity (Wildman–Crippen MR) is 90.7 cm³/mol. The fourth-order valence-corrected chi connectivity index (χ4v) is 3.38. The van der Waals surface area contributed by atoms with Crippen LogP contribution >= 0.6 is 22.7 Å². The molecule has 0 spiro atoms. The molecule has 1 N–H and O–H groups in total. The van der Waals surface area contributed by atoms with Crippen LogP contribution in [0.5, 0.6) is 0 Å². The Kier molecular flexibility index (Phi) is 5.85. The van der Waals surface area contributed by atoms with Gasteiger partial charge in [0.25, 0.3) is 0 Å². The van der Waals surface area contributed by atoms with Crippen LogP contribution in [-0.2, 0) is 6.61 Å². The van der Waals surface area contributed by atoms with Gasteiger partial charge in [-0.3, -0.25) is 0 Å². The summed E-state index contributed by atoms with van der Waals surface area (Å²) in [7, 11) is 0. The first-order valence-electron chi connectivity index (χ1n) is 6.96. The van der Waals surface area contributed by atoms with Crippen LogP contribution in [0.25, 0.3) is 10.7 Å². The van der Waals surface area contributed by atoms with Crippen LogP contribution in [0, 0.1) is 5.92 Å². The minimum atomic E-state index is -0.0190. The Hall–Kier alpha value is -1.30. The van der Waals surface area contributed by atoms with Gasteiger partial charge in [0.1, 0.15) is 10.7 Å². The van der Waals surface area contributed by atoms with Gasteiger partial charge in [-0.2, -0.15) is 0 Å². The lowest BCUT2D eigenvalue weighted by Gasteiger charge is -1.99. The summed E-state index contributed by atoms with van der Waals surface area (Å²) in [5.74, 6) is 0.861. The van der Waals surface area contributed by atoms with Crippen LogP contribution < -0.4 is 0 Å². The van der Waals surface area contributed by atoms with Gasteiger partial charge in [0.15, 0.2) is 0 Å². The van der Waals surface area contributed by atoms with Crippen molar-refractivity contribution < 1.29 is 5.11 Å². The lowest BCUT2D eigenvalue weighted by atomic mass is 10.1. The molecule has 5 heteroatoms. The Bertz CT molecular complexity index is 626. The minimum Gasteiger partial charge on any atom is -0.390 e. The Morgan fingerprint density at radius 2 is 1.86 bits per heavy atom. The highest BCUT2D eigenvalue weighted by atomic mass is 32.1. The van der Waals surface area contributed by atoms with E-state index in [2.05, 4.69) is 55.0 Å². The van der Waals surface area contributed by atoms with E-state index in [1.165, 1.54) is 11.3 Å². The highest BCUT2D eigenvalue weighted by molar-refractivity contribution is 7.14. The number of hydrogen-bond acceptors (Lipinski definition) is 5. The minimum absolute atomic E-state index is 0.0190. The average Bonchev–Trinajstić information content (AvgIpc) is 3.10. The lowest BCUT2D eigenvalue weighted by molar-refractivity contribution is 0.278. The number of allylic oxidation sites excluding steroid dienone is 4. The predicted octanol–water partition coefficient (Wildman–Crippen LogP) is 4.63. The first kappa shape index (κ1) is 16.1. The van der Waals surface area contributed by atoms with Gasteiger partial charge in [-0.05, 0) is 5.92 Å². The summed E-state index contributed by atoms with van der Waals surface area (Å²) in [6.07, 6.45) is 8.49. The van der Waals surface area contributed by atoms with E-state index in [0.717, 1.165) is 15.7 Å². The van der Waals surface area contributed by atoms with E-state index in [1.807, 2.05) is 10.8 Å². The van der Waals surface area contributed by atoms with Crippen molar-refractivity contribution in [2.75, 3.05) is 0 Å². The molecule has 0 aliphatic heterocycles. The molecule has 0 radical (unpaired) electrons. The summed E-state index contributed by atoms with van der Waals surface area (Å²) in [6.45, 7) is 6.45. The van der Waals surface area contributed by atoms with Crippen molar-refractivity contribution in [1.29, 1.82) is 0 Å². The molecule has 21 heavy (non-hydrogen) atoms. The summed E-state index contributed by atoms with van der Waals surface area (Å²) in [4.78, 5) is 9.00. The molecule has 0 aromatic carbocycles. The average molecular weight is 320 g/mol. The second kappa shape index (κ2) is 7.64. The third-order valence-corrected chi connectivity index (χ3v) is 4.81. The molecule has 0 aliphatic rings. The molecular formula is C16H20N2OS2. The summed E-state index contributed by atoms with van der Waals surface area (Å²) >= 11 is 3.17. The lowest BCUT2D eigenvalue weighted by Crippen LogP contribution is -1.88. The van der Waals surface area contributed by atoms with Crippen molar-refractivity contribution in [1.82, 2.24) is 9.97 Å². The van der Waals surface area contributed by atoms with E-state index in [9.17, 15) is 0 Å². The van der Waals surface area contributed by atoms with Crippen molar-refractivity contribution in [2.45, 2.75) is 33.3 Å². The summed E-state index contributed by atoms with van der Waals surface area (Å²) in [6, 6.07) is 0. The van der Waals surface area contributed by atoms with Crippen molar-refractivity contribution in [3.63, 3.8) is 0 Å². The van der Waals surface area contributed by atoms with Gasteiger partial charge >= 0.3 is 0 Å². The second-order valence-corrected chi connectivity index (χ2v) is 6.92. The number of aliphatic hydroxyl groups excluding tert-OH is 1. The van der Waals surface area contributed by atoms with Crippen LogP contribution in [0.3, 0.4) is 0 Å². The fraction of sp³-hybridized carbons (Fsp3) is 0.375. The van der Waals surface area contributed by atoms with Gasteiger partial charge in [-0.25, -0.2) is 9.97 Å². The van der Waals surface area contributed by atoms with Gasteiger partial charge in [0.05, 0.1) is 17.3 Å². The van der Waals surface area contributed by atoms with Crippen molar-refractivity contribution in [3.05, 3.63) is 45.8 Å². The molecule has 1 atom stereocenters. The molecule has 2 aromatic rings. The Balaban J connectivity index is 2.05. The molecule has 0 saturated heterocycles.